The molecule has 3 aliphatic rings. The van der Waals surface area contributed by atoms with E-state index in [0.29, 0.717) is 29.9 Å². The standard InChI is InChI=1S/C32H32BF6NO5/c1-15(7-19-8-17(3)28(41)18(4)9-19)5-6-25-26-16(2)10-23-27(24(26)14-33(44)45-25)30(43)40(29(23)42)22-12-20(31(34,35)36)11-21(13-22)32(37,38)39/h7-9,11-13,23-25,27,41,44H,5-6,10,14H2,1-4H3/b15-7+/t23-,24+,25-,27-/m1/s1. The number of rotatable bonds is 5. The summed E-state index contributed by atoms with van der Waals surface area (Å²) >= 11 is 0. The molecule has 45 heavy (non-hydrogen) atoms. The van der Waals surface area contributed by atoms with Crippen LogP contribution in [-0.2, 0) is 26.6 Å². The Morgan fingerprint density at radius 1 is 0.956 bits per heavy atom. The first-order valence-corrected chi connectivity index (χ1v) is 14.5. The summed E-state index contributed by atoms with van der Waals surface area (Å²) in [7, 11) is -1.29. The van der Waals surface area contributed by atoms with E-state index in [0.717, 1.165) is 33.4 Å². The van der Waals surface area contributed by atoms with Crippen LogP contribution in [-0.4, -0.2) is 35.2 Å². The number of anilines is 1. The second-order valence-electron chi connectivity index (χ2n) is 12.3. The largest absolute Gasteiger partial charge is 0.507 e. The molecule has 0 aromatic heterocycles. The monoisotopic (exact) mass is 635 g/mol. The van der Waals surface area contributed by atoms with Crippen molar-refractivity contribution in [3.05, 3.63) is 74.9 Å². The second kappa shape index (κ2) is 11.7. The highest BCUT2D eigenvalue weighted by Gasteiger charge is 2.57. The Labute approximate surface area is 256 Å². The molecule has 2 saturated heterocycles. The Kier molecular flexibility index (Phi) is 8.50. The number of phenols is 1. The molecule has 2 aromatic rings. The van der Waals surface area contributed by atoms with E-state index in [2.05, 4.69) is 0 Å². The van der Waals surface area contributed by atoms with E-state index in [1.807, 2.05) is 25.1 Å². The summed E-state index contributed by atoms with van der Waals surface area (Å²) < 4.78 is 87.2. The van der Waals surface area contributed by atoms with Gasteiger partial charge in [0.15, 0.2) is 0 Å². The smallest absolute Gasteiger partial charge is 0.455 e. The molecular formula is C32H32BF6NO5. The molecule has 13 heteroatoms. The highest BCUT2D eigenvalue weighted by atomic mass is 19.4. The Hall–Kier alpha value is -3.58. The Bertz CT molecular complexity index is 1560. The van der Waals surface area contributed by atoms with Gasteiger partial charge in [0, 0.05) is 0 Å². The first kappa shape index (κ1) is 32.8. The van der Waals surface area contributed by atoms with E-state index in [1.54, 1.807) is 20.8 Å². The molecule has 5 rings (SSSR count). The van der Waals surface area contributed by atoms with Crippen LogP contribution in [0.1, 0.15) is 60.9 Å². The summed E-state index contributed by atoms with van der Waals surface area (Å²) in [6, 6.07) is 4.43. The van der Waals surface area contributed by atoms with Crippen LogP contribution in [0.5, 0.6) is 5.75 Å². The predicted octanol–water partition coefficient (Wildman–Crippen LogP) is 7.25. The van der Waals surface area contributed by atoms with Crippen molar-refractivity contribution in [2.75, 3.05) is 4.90 Å². The zero-order valence-corrected chi connectivity index (χ0v) is 25.0. The van der Waals surface area contributed by atoms with Gasteiger partial charge in [-0.25, -0.2) is 4.90 Å². The fourth-order valence-electron chi connectivity index (χ4n) is 7.03. The van der Waals surface area contributed by atoms with Gasteiger partial charge in [-0.1, -0.05) is 17.2 Å². The number of carbonyl (C=O) groups is 2. The number of carbonyl (C=O) groups excluding carboxylic acids is 2. The number of phenolic OH excluding ortho intramolecular Hbond substituents is 1. The van der Waals surface area contributed by atoms with E-state index in [-0.39, 0.29) is 24.6 Å². The number of aromatic hydroxyl groups is 1. The summed E-state index contributed by atoms with van der Waals surface area (Å²) in [6.07, 6.45) is -7.95. The van der Waals surface area contributed by atoms with Gasteiger partial charge in [-0.3, -0.25) is 9.59 Å². The zero-order chi connectivity index (χ0) is 33.2. The van der Waals surface area contributed by atoms with Crippen molar-refractivity contribution < 1.29 is 50.7 Å². The number of alkyl halides is 6. The summed E-state index contributed by atoms with van der Waals surface area (Å²) in [5, 5.41) is 20.7. The summed E-state index contributed by atoms with van der Waals surface area (Å²) in [5.74, 6) is -4.28. The highest BCUT2D eigenvalue weighted by Crippen LogP contribution is 2.52. The minimum Gasteiger partial charge on any atom is -0.507 e. The zero-order valence-electron chi connectivity index (χ0n) is 25.0. The molecule has 2 N–H and O–H groups in total. The first-order chi connectivity index (χ1) is 20.9. The molecule has 0 unspecified atom stereocenters. The van der Waals surface area contributed by atoms with Crippen LogP contribution in [0, 0.1) is 31.6 Å². The van der Waals surface area contributed by atoms with Gasteiger partial charge >= 0.3 is 19.5 Å². The molecular weight excluding hydrogens is 603 g/mol. The van der Waals surface area contributed by atoms with E-state index in [1.165, 1.54) is 0 Å². The number of benzene rings is 2. The van der Waals surface area contributed by atoms with Gasteiger partial charge in [-0.15, -0.1) is 0 Å². The molecule has 2 amide bonds. The molecule has 4 atom stereocenters. The summed E-state index contributed by atoms with van der Waals surface area (Å²) in [4.78, 5) is 27.7. The normalized spacial score (nSPS) is 24.4. The quantitative estimate of drug-likeness (QED) is 0.157. The molecule has 240 valence electrons. The molecule has 0 radical (unpaired) electrons. The lowest BCUT2D eigenvalue weighted by atomic mass is 9.59. The van der Waals surface area contributed by atoms with Gasteiger partial charge in [-0.05, 0) is 112 Å². The number of hydrogen-bond donors (Lipinski definition) is 2. The maximum absolute atomic E-state index is 13.8. The van der Waals surface area contributed by atoms with Crippen LogP contribution in [0.4, 0.5) is 32.0 Å². The second-order valence-corrected chi connectivity index (χ2v) is 12.3. The molecule has 2 aliphatic heterocycles. The predicted molar refractivity (Wildman–Crippen MR) is 155 cm³/mol. The van der Waals surface area contributed by atoms with Crippen LogP contribution < -0.4 is 4.90 Å². The average molecular weight is 635 g/mol. The van der Waals surface area contributed by atoms with E-state index < -0.39 is 72.0 Å². The van der Waals surface area contributed by atoms with Crippen LogP contribution in [0.25, 0.3) is 6.08 Å². The SMILES string of the molecule is CC1=C2[C@@H](CC/C(C)=C/c3cc(C)c(O)c(C)c3)OB(O)C[C@@H]2[C@@H]2C(=O)N(c3cc(C(F)(F)F)cc(C(F)(F)F)c3)C(=O)[C@@H]2C1. The number of nitrogens with zero attached hydrogens (tertiary/aromatic N) is 1. The minimum atomic E-state index is -5.15. The number of hydrogen-bond acceptors (Lipinski definition) is 5. The number of amides is 2. The summed E-state index contributed by atoms with van der Waals surface area (Å²) in [5.41, 5.74) is 0.787. The molecule has 2 aromatic carbocycles. The van der Waals surface area contributed by atoms with Crippen molar-refractivity contribution in [1.82, 2.24) is 0 Å². The third-order valence-electron chi connectivity index (χ3n) is 9.01. The third kappa shape index (κ3) is 6.29. The van der Waals surface area contributed by atoms with E-state index in [4.69, 9.17) is 4.65 Å². The van der Waals surface area contributed by atoms with Crippen molar-refractivity contribution in [2.45, 2.75) is 71.7 Å². The molecule has 2 fully saturated rings. The molecule has 0 spiro atoms. The maximum atomic E-state index is 13.8. The van der Waals surface area contributed by atoms with Crippen molar-refractivity contribution in [2.24, 2.45) is 17.8 Å². The van der Waals surface area contributed by atoms with E-state index in [9.17, 15) is 46.1 Å². The topological polar surface area (TPSA) is 87.1 Å². The third-order valence-corrected chi connectivity index (χ3v) is 9.01. The Morgan fingerprint density at radius 3 is 2.09 bits per heavy atom. The van der Waals surface area contributed by atoms with Crippen LogP contribution in [0.3, 0.4) is 0 Å². The Morgan fingerprint density at radius 2 is 1.53 bits per heavy atom. The average Bonchev–Trinajstić information content (AvgIpc) is 3.18. The fraction of sp³-hybridized carbons (Fsp3) is 0.438. The maximum Gasteiger partial charge on any atom is 0.455 e. The van der Waals surface area contributed by atoms with Crippen LogP contribution in [0.2, 0.25) is 6.32 Å². The van der Waals surface area contributed by atoms with Gasteiger partial charge in [0.2, 0.25) is 11.8 Å². The number of fused-ring (bicyclic) bond motifs is 3. The van der Waals surface area contributed by atoms with Gasteiger partial charge in [0.05, 0.1) is 34.8 Å². The van der Waals surface area contributed by atoms with Crippen molar-refractivity contribution in [3.63, 3.8) is 0 Å². The van der Waals surface area contributed by atoms with Gasteiger partial charge in [-0.2, -0.15) is 26.3 Å². The number of aryl methyl sites for hydroxylation is 2. The van der Waals surface area contributed by atoms with Crippen LogP contribution >= 0.6 is 0 Å². The lowest BCUT2D eigenvalue weighted by Gasteiger charge is -2.42. The molecule has 0 bridgehead atoms. The molecule has 1 aliphatic carbocycles. The highest BCUT2D eigenvalue weighted by molar-refractivity contribution is 6.43. The Balaban J connectivity index is 1.43. The molecule has 0 saturated carbocycles. The fourth-order valence-corrected chi connectivity index (χ4v) is 7.03. The molecule has 6 nitrogen and oxygen atoms in total. The van der Waals surface area contributed by atoms with Gasteiger partial charge in [0.1, 0.15) is 5.75 Å². The molecule has 2 heterocycles. The number of imide groups is 1. The van der Waals surface area contributed by atoms with Crippen molar-refractivity contribution >= 4 is 30.7 Å². The lowest BCUT2D eigenvalue weighted by Crippen LogP contribution is -2.46. The van der Waals surface area contributed by atoms with E-state index >= 15 is 0 Å². The number of halogens is 6. The van der Waals surface area contributed by atoms with Crippen molar-refractivity contribution in [3.8, 4) is 5.75 Å². The lowest BCUT2D eigenvalue weighted by molar-refractivity contribution is -0.143. The van der Waals surface area contributed by atoms with Gasteiger partial charge < -0.3 is 14.8 Å². The number of allylic oxidation sites excluding steroid dienone is 2. The summed E-state index contributed by atoms with van der Waals surface area (Å²) in [6.45, 7) is 7.30. The first-order valence-electron chi connectivity index (χ1n) is 14.5. The van der Waals surface area contributed by atoms with Gasteiger partial charge in [0.25, 0.3) is 0 Å². The van der Waals surface area contributed by atoms with Crippen LogP contribution in [0.15, 0.2) is 47.1 Å². The minimum absolute atomic E-state index is 0.0471. The van der Waals surface area contributed by atoms with Crippen molar-refractivity contribution in [1.29, 1.82) is 0 Å².